The van der Waals surface area contributed by atoms with Crippen LogP contribution in [0.3, 0.4) is 0 Å². The van der Waals surface area contributed by atoms with Gasteiger partial charge in [-0.05, 0) is 43.7 Å². The Hall–Kier alpha value is -2.56. The van der Waals surface area contributed by atoms with E-state index in [1.165, 1.54) is 64.9 Å². The van der Waals surface area contributed by atoms with E-state index < -0.39 is 12.0 Å². The SMILES string of the molecule is CCCCCCCC/C=C\CCCCCCCC(=O)N[C@@H](Cc1c[nH]c2ccccc12)C(=O)OC. The molecule has 1 amide bonds. The van der Waals surface area contributed by atoms with E-state index in [1.54, 1.807) is 0 Å². The standard InChI is InChI=1S/C30H46N2O3/c1-3-4-5-6-7-8-9-10-11-12-13-14-15-16-17-22-29(33)32-28(30(34)35-2)23-25-24-31-27-21-19-18-20-26(25)27/h10-11,18-21,24,28,31H,3-9,12-17,22-23H2,1-2H3,(H,32,33)/b11-10-/t28-/m0/s1. The minimum Gasteiger partial charge on any atom is -0.467 e. The number of fused-ring (bicyclic) bond motifs is 1. The number of ether oxygens (including phenoxy) is 1. The van der Waals surface area contributed by atoms with Crippen molar-refractivity contribution in [1.29, 1.82) is 0 Å². The lowest BCUT2D eigenvalue weighted by Crippen LogP contribution is -2.42. The van der Waals surface area contributed by atoms with Crippen molar-refractivity contribution < 1.29 is 14.3 Å². The number of allylic oxidation sites excluding steroid dienone is 2. The molecule has 0 saturated carbocycles. The van der Waals surface area contributed by atoms with Crippen LogP contribution in [0.25, 0.3) is 10.9 Å². The minimum absolute atomic E-state index is 0.0853. The van der Waals surface area contributed by atoms with Gasteiger partial charge >= 0.3 is 5.97 Å². The average Bonchev–Trinajstić information content (AvgIpc) is 3.28. The van der Waals surface area contributed by atoms with Crippen molar-refractivity contribution in [3.8, 4) is 0 Å². The van der Waals surface area contributed by atoms with Gasteiger partial charge in [-0.15, -0.1) is 0 Å². The largest absolute Gasteiger partial charge is 0.467 e. The number of hydrogen-bond acceptors (Lipinski definition) is 3. The van der Waals surface area contributed by atoms with Gasteiger partial charge in [0.15, 0.2) is 0 Å². The lowest BCUT2D eigenvalue weighted by Gasteiger charge is -2.16. The fraction of sp³-hybridized carbons (Fsp3) is 0.600. The highest BCUT2D eigenvalue weighted by Crippen LogP contribution is 2.19. The highest BCUT2D eigenvalue weighted by atomic mass is 16.5. The van der Waals surface area contributed by atoms with Gasteiger partial charge in [-0.25, -0.2) is 4.79 Å². The van der Waals surface area contributed by atoms with Gasteiger partial charge in [-0.2, -0.15) is 0 Å². The predicted molar refractivity (Wildman–Crippen MR) is 145 cm³/mol. The Balaban J connectivity index is 1.55. The number of hydrogen-bond donors (Lipinski definition) is 2. The first-order valence-electron chi connectivity index (χ1n) is 13.7. The molecule has 0 radical (unpaired) electrons. The normalized spacial score (nSPS) is 12.3. The van der Waals surface area contributed by atoms with Gasteiger partial charge in [0.2, 0.25) is 5.91 Å². The van der Waals surface area contributed by atoms with E-state index in [0.717, 1.165) is 42.1 Å². The smallest absolute Gasteiger partial charge is 0.328 e. The molecule has 0 aliphatic heterocycles. The zero-order valence-electron chi connectivity index (χ0n) is 22.0. The number of amides is 1. The molecule has 0 bridgehead atoms. The summed E-state index contributed by atoms with van der Waals surface area (Å²) in [7, 11) is 1.36. The quantitative estimate of drug-likeness (QED) is 0.124. The summed E-state index contributed by atoms with van der Waals surface area (Å²) in [6, 6.07) is 7.28. The first-order chi connectivity index (χ1) is 17.2. The number of rotatable bonds is 19. The van der Waals surface area contributed by atoms with Crippen LogP contribution in [0.5, 0.6) is 0 Å². The second kappa shape index (κ2) is 17.8. The van der Waals surface area contributed by atoms with Crippen LogP contribution in [0.4, 0.5) is 0 Å². The molecule has 1 aromatic carbocycles. The second-order valence-corrected chi connectivity index (χ2v) is 9.54. The Morgan fingerprint density at radius 2 is 1.54 bits per heavy atom. The number of aromatic amines is 1. The van der Waals surface area contributed by atoms with E-state index in [-0.39, 0.29) is 5.91 Å². The summed E-state index contributed by atoms with van der Waals surface area (Å²) in [6.45, 7) is 2.26. The number of H-pyrrole nitrogens is 1. The summed E-state index contributed by atoms with van der Waals surface area (Å²) >= 11 is 0. The van der Waals surface area contributed by atoms with Crippen molar-refractivity contribution in [2.24, 2.45) is 0 Å². The van der Waals surface area contributed by atoms with E-state index in [4.69, 9.17) is 4.74 Å². The van der Waals surface area contributed by atoms with Gasteiger partial charge in [0.05, 0.1) is 7.11 Å². The molecule has 0 aliphatic rings. The molecular formula is C30H46N2O3. The van der Waals surface area contributed by atoms with Crippen LogP contribution >= 0.6 is 0 Å². The molecule has 0 fully saturated rings. The zero-order valence-corrected chi connectivity index (χ0v) is 22.0. The first kappa shape index (κ1) is 28.7. The van der Waals surface area contributed by atoms with Crippen LogP contribution < -0.4 is 5.32 Å². The number of nitrogens with one attached hydrogen (secondary N) is 2. The number of methoxy groups -OCH3 is 1. The highest BCUT2D eigenvalue weighted by Gasteiger charge is 2.23. The maximum atomic E-state index is 12.5. The van der Waals surface area contributed by atoms with E-state index >= 15 is 0 Å². The molecule has 5 nitrogen and oxygen atoms in total. The summed E-state index contributed by atoms with van der Waals surface area (Å²) in [6.07, 6.45) is 23.4. The molecule has 0 aliphatic carbocycles. The number of carbonyl (C=O) groups is 2. The molecular weight excluding hydrogens is 436 g/mol. The molecule has 0 spiro atoms. The summed E-state index contributed by atoms with van der Waals surface area (Å²) in [5.41, 5.74) is 2.02. The van der Waals surface area contributed by atoms with Crippen molar-refractivity contribution in [3.63, 3.8) is 0 Å². The fourth-order valence-corrected chi connectivity index (χ4v) is 4.48. The third-order valence-corrected chi connectivity index (χ3v) is 6.59. The van der Waals surface area contributed by atoms with Gasteiger partial charge in [0, 0.05) is 29.9 Å². The Labute approximate surface area is 212 Å². The molecule has 1 aromatic heterocycles. The van der Waals surface area contributed by atoms with Crippen molar-refractivity contribution in [2.45, 2.75) is 109 Å². The van der Waals surface area contributed by atoms with Crippen LogP contribution in [-0.4, -0.2) is 30.0 Å². The van der Waals surface area contributed by atoms with Crippen molar-refractivity contribution >= 4 is 22.8 Å². The van der Waals surface area contributed by atoms with E-state index in [1.807, 2.05) is 30.5 Å². The lowest BCUT2D eigenvalue weighted by molar-refractivity contribution is -0.145. The van der Waals surface area contributed by atoms with Crippen molar-refractivity contribution in [2.75, 3.05) is 7.11 Å². The summed E-state index contributed by atoms with van der Waals surface area (Å²) in [5.74, 6) is -0.494. The third-order valence-electron chi connectivity index (χ3n) is 6.59. The second-order valence-electron chi connectivity index (χ2n) is 9.54. The Bertz CT molecular complexity index is 887. The number of unbranched alkanes of at least 4 members (excludes halogenated alkanes) is 11. The van der Waals surface area contributed by atoms with Gasteiger partial charge in [0.1, 0.15) is 6.04 Å². The average molecular weight is 483 g/mol. The van der Waals surface area contributed by atoms with E-state index in [0.29, 0.717) is 12.8 Å². The Morgan fingerprint density at radius 1 is 0.914 bits per heavy atom. The predicted octanol–water partition coefficient (Wildman–Crippen LogP) is 7.41. The minimum atomic E-state index is -0.671. The maximum absolute atomic E-state index is 12.5. The van der Waals surface area contributed by atoms with Crippen LogP contribution in [0.2, 0.25) is 0 Å². The number of benzene rings is 1. The highest BCUT2D eigenvalue weighted by molar-refractivity contribution is 5.87. The monoisotopic (exact) mass is 482 g/mol. The molecule has 5 heteroatoms. The van der Waals surface area contributed by atoms with Gasteiger partial charge in [-0.3, -0.25) is 4.79 Å². The van der Waals surface area contributed by atoms with Gasteiger partial charge in [-0.1, -0.05) is 88.6 Å². The number of esters is 1. The summed E-state index contributed by atoms with van der Waals surface area (Å²) < 4.78 is 4.94. The zero-order chi connectivity index (χ0) is 25.1. The van der Waals surface area contributed by atoms with Crippen LogP contribution in [-0.2, 0) is 20.7 Å². The Kier molecular flexibility index (Phi) is 14.6. The molecule has 1 atom stereocenters. The molecule has 2 rings (SSSR count). The summed E-state index contributed by atoms with van der Waals surface area (Å²) in [5, 5.41) is 3.95. The molecule has 2 aromatic rings. The number of carbonyl (C=O) groups excluding carboxylic acids is 2. The molecule has 2 N–H and O–H groups in total. The lowest BCUT2D eigenvalue weighted by atomic mass is 10.0. The molecule has 1 heterocycles. The molecule has 194 valence electrons. The molecule has 35 heavy (non-hydrogen) atoms. The first-order valence-corrected chi connectivity index (χ1v) is 13.7. The van der Waals surface area contributed by atoms with Crippen molar-refractivity contribution in [3.05, 3.63) is 48.2 Å². The fourth-order valence-electron chi connectivity index (χ4n) is 4.48. The summed E-state index contributed by atoms with van der Waals surface area (Å²) in [4.78, 5) is 28.0. The van der Waals surface area contributed by atoms with Crippen molar-refractivity contribution in [1.82, 2.24) is 10.3 Å². The topological polar surface area (TPSA) is 71.2 Å². The Morgan fingerprint density at radius 3 is 2.23 bits per heavy atom. The van der Waals surface area contributed by atoms with Crippen LogP contribution in [0.15, 0.2) is 42.6 Å². The van der Waals surface area contributed by atoms with Crippen LogP contribution in [0.1, 0.15) is 102 Å². The molecule has 0 saturated heterocycles. The maximum Gasteiger partial charge on any atom is 0.328 e. The van der Waals surface area contributed by atoms with Gasteiger partial charge < -0.3 is 15.0 Å². The van der Waals surface area contributed by atoms with E-state index in [9.17, 15) is 9.59 Å². The third kappa shape index (κ3) is 11.6. The van der Waals surface area contributed by atoms with Crippen LogP contribution in [0, 0.1) is 0 Å². The number of aromatic nitrogens is 1. The van der Waals surface area contributed by atoms with E-state index in [2.05, 4.69) is 29.4 Å². The van der Waals surface area contributed by atoms with Gasteiger partial charge in [0.25, 0.3) is 0 Å². The molecule has 0 unspecified atom stereocenters. The number of para-hydroxylation sites is 1.